The Kier molecular flexibility index (Phi) is 5.51. The molecule has 1 aromatic heterocycles. The number of nitrogens with two attached hydrogens (primary N) is 1. The molecule has 1 heterocycles. The minimum atomic E-state index is 0.0208. The van der Waals surface area contributed by atoms with E-state index >= 15 is 0 Å². The lowest BCUT2D eigenvalue weighted by molar-refractivity contribution is 0.0754. The molecule has 2 N–H and O–H groups in total. The van der Waals surface area contributed by atoms with Crippen LogP contribution >= 0.6 is 0 Å². The predicted molar refractivity (Wildman–Crippen MR) is 83.4 cm³/mol. The maximum Gasteiger partial charge on any atom is 0.257 e. The van der Waals surface area contributed by atoms with Crippen molar-refractivity contribution in [1.82, 2.24) is 14.7 Å². The summed E-state index contributed by atoms with van der Waals surface area (Å²) in [7, 11) is 0. The quantitative estimate of drug-likeness (QED) is 0.847. The van der Waals surface area contributed by atoms with Crippen molar-refractivity contribution in [2.45, 2.75) is 19.8 Å². The van der Waals surface area contributed by atoms with Gasteiger partial charge in [0.2, 0.25) is 0 Å². The Bertz CT molecular complexity index is 565. The van der Waals surface area contributed by atoms with Crippen molar-refractivity contribution in [2.24, 2.45) is 5.73 Å². The van der Waals surface area contributed by atoms with Crippen molar-refractivity contribution in [3.8, 4) is 5.69 Å². The van der Waals surface area contributed by atoms with Crippen LogP contribution in [0.3, 0.4) is 0 Å². The summed E-state index contributed by atoms with van der Waals surface area (Å²) in [6, 6.07) is 9.76. The first kappa shape index (κ1) is 15.3. The molecule has 2 rings (SSSR count). The largest absolute Gasteiger partial charge is 0.339 e. The molecule has 0 aliphatic carbocycles. The second-order valence-corrected chi connectivity index (χ2v) is 4.94. The number of hydrogen-bond acceptors (Lipinski definition) is 3. The molecule has 21 heavy (non-hydrogen) atoms. The lowest BCUT2D eigenvalue weighted by Crippen LogP contribution is -2.33. The summed E-state index contributed by atoms with van der Waals surface area (Å²) < 4.78 is 1.72. The normalized spacial score (nSPS) is 10.6. The van der Waals surface area contributed by atoms with Crippen LogP contribution in [0.1, 0.15) is 30.1 Å². The maximum absolute atomic E-state index is 12.5. The second-order valence-electron chi connectivity index (χ2n) is 4.94. The molecule has 0 fully saturated rings. The zero-order chi connectivity index (χ0) is 15.1. The third-order valence-corrected chi connectivity index (χ3v) is 3.26. The number of carbonyl (C=O) groups is 1. The molecule has 0 saturated carbocycles. The van der Waals surface area contributed by atoms with Crippen molar-refractivity contribution < 1.29 is 4.79 Å². The molecule has 2 aromatic rings. The first-order valence-electron chi connectivity index (χ1n) is 7.35. The molecule has 0 radical (unpaired) electrons. The minimum absolute atomic E-state index is 0.0208. The highest BCUT2D eigenvalue weighted by Gasteiger charge is 2.16. The van der Waals surface area contributed by atoms with E-state index in [1.54, 1.807) is 17.1 Å². The summed E-state index contributed by atoms with van der Waals surface area (Å²) in [4.78, 5) is 14.4. The van der Waals surface area contributed by atoms with Gasteiger partial charge in [0.1, 0.15) is 0 Å². The van der Waals surface area contributed by atoms with Crippen LogP contribution in [0.25, 0.3) is 5.69 Å². The summed E-state index contributed by atoms with van der Waals surface area (Å²) in [6.07, 6.45) is 5.16. The molecule has 0 aliphatic rings. The zero-order valence-corrected chi connectivity index (χ0v) is 12.4. The third kappa shape index (κ3) is 3.92. The van der Waals surface area contributed by atoms with E-state index in [1.165, 1.54) is 0 Å². The smallest absolute Gasteiger partial charge is 0.257 e. The fourth-order valence-corrected chi connectivity index (χ4v) is 2.20. The summed E-state index contributed by atoms with van der Waals surface area (Å²) in [5.41, 5.74) is 7.10. The SMILES string of the molecule is CCCN(CCCN)C(=O)c1cnn(-c2ccccc2)c1. The van der Waals surface area contributed by atoms with Crippen LogP contribution in [-0.2, 0) is 0 Å². The molecule has 0 aliphatic heterocycles. The van der Waals surface area contributed by atoms with Gasteiger partial charge in [-0.1, -0.05) is 25.1 Å². The molecule has 5 heteroatoms. The summed E-state index contributed by atoms with van der Waals surface area (Å²) >= 11 is 0. The minimum Gasteiger partial charge on any atom is -0.339 e. The molecular weight excluding hydrogens is 264 g/mol. The molecule has 1 amide bonds. The highest BCUT2D eigenvalue weighted by molar-refractivity contribution is 5.93. The molecule has 0 unspecified atom stereocenters. The van der Waals surface area contributed by atoms with E-state index in [9.17, 15) is 4.79 Å². The molecule has 112 valence electrons. The highest BCUT2D eigenvalue weighted by atomic mass is 16.2. The first-order chi connectivity index (χ1) is 10.3. The van der Waals surface area contributed by atoms with Gasteiger partial charge in [-0.3, -0.25) is 4.79 Å². The molecular formula is C16H22N4O. The van der Waals surface area contributed by atoms with Gasteiger partial charge in [-0.2, -0.15) is 5.10 Å². The van der Waals surface area contributed by atoms with Crippen LogP contribution in [-0.4, -0.2) is 40.2 Å². The van der Waals surface area contributed by atoms with Crippen molar-refractivity contribution in [3.63, 3.8) is 0 Å². The van der Waals surface area contributed by atoms with Gasteiger partial charge in [0, 0.05) is 19.3 Å². The van der Waals surface area contributed by atoms with Crippen molar-refractivity contribution in [2.75, 3.05) is 19.6 Å². The summed E-state index contributed by atoms with van der Waals surface area (Å²) in [5, 5.41) is 4.27. The van der Waals surface area contributed by atoms with E-state index in [4.69, 9.17) is 5.73 Å². The van der Waals surface area contributed by atoms with Crippen molar-refractivity contribution in [1.29, 1.82) is 0 Å². The number of aromatic nitrogens is 2. The number of benzene rings is 1. The van der Waals surface area contributed by atoms with E-state index in [2.05, 4.69) is 12.0 Å². The first-order valence-corrected chi connectivity index (χ1v) is 7.35. The molecule has 0 spiro atoms. The van der Waals surface area contributed by atoms with E-state index in [0.717, 1.165) is 25.1 Å². The topological polar surface area (TPSA) is 64.2 Å². The fourth-order valence-electron chi connectivity index (χ4n) is 2.20. The lowest BCUT2D eigenvalue weighted by Gasteiger charge is -2.21. The Labute approximate surface area is 125 Å². The Morgan fingerprint density at radius 1 is 1.29 bits per heavy atom. The van der Waals surface area contributed by atoms with E-state index in [1.807, 2.05) is 35.2 Å². The molecule has 0 bridgehead atoms. The van der Waals surface area contributed by atoms with Gasteiger partial charge in [-0.25, -0.2) is 4.68 Å². The Hall–Kier alpha value is -2.14. The van der Waals surface area contributed by atoms with Crippen LogP contribution in [0.4, 0.5) is 0 Å². The number of nitrogens with zero attached hydrogens (tertiary/aromatic N) is 3. The van der Waals surface area contributed by atoms with Crippen molar-refractivity contribution >= 4 is 5.91 Å². The zero-order valence-electron chi connectivity index (χ0n) is 12.4. The van der Waals surface area contributed by atoms with Gasteiger partial charge < -0.3 is 10.6 Å². The molecule has 0 saturated heterocycles. The average Bonchev–Trinajstić information content (AvgIpc) is 3.01. The third-order valence-electron chi connectivity index (χ3n) is 3.26. The standard InChI is InChI=1S/C16H22N4O/c1-2-10-19(11-6-9-17)16(21)14-12-18-20(13-14)15-7-4-3-5-8-15/h3-5,7-8,12-13H,2,6,9-11,17H2,1H3. The Morgan fingerprint density at radius 2 is 2.05 bits per heavy atom. The van der Waals surface area contributed by atoms with E-state index < -0.39 is 0 Å². The Morgan fingerprint density at radius 3 is 2.71 bits per heavy atom. The number of amides is 1. The van der Waals surface area contributed by atoms with Crippen LogP contribution in [0.5, 0.6) is 0 Å². The average molecular weight is 286 g/mol. The van der Waals surface area contributed by atoms with Crippen LogP contribution in [0.2, 0.25) is 0 Å². The Balaban J connectivity index is 2.13. The van der Waals surface area contributed by atoms with Gasteiger partial charge in [0.25, 0.3) is 5.91 Å². The monoisotopic (exact) mass is 286 g/mol. The number of rotatable bonds is 7. The van der Waals surface area contributed by atoms with Gasteiger partial charge in [-0.15, -0.1) is 0 Å². The maximum atomic E-state index is 12.5. The lowest BCUT2D eigenvalue weighted by atomic mass is 10.2. The van der Waals surface area contributed by atoms with Gasteiger partial charge >= 0.3 is 0 Å². The van der Waals surface area contributed by atoms with Gasteiger partial charge in [0.15, 0.2) is 0 Å². The molecule has 5 nitrogen and oxygen atoms in total. The number of para-hydroxylation sites is 1. The predicted octanol–water partition coefficient (Wildman–Crippen LogP) is 2.07. The van der Waals surface area contributed by atoms with Crippen LogP contribution in [0.15, 0.2) is 42.7 Å². The van der Waals surface area contributed by atoms with Crippen LogP contribution in [0, 0.1) is 0 Å². The fraction of sp³-hybridized carbons (Fsp3) is 0.375. The summed E-state index contributed by atoms with van der Waals surface area (Å²) in [5.74, 6) is 0.0208. The van der Waals surface area contributed by atoms with Gasteiger partial charge in [0.05, 0.1) is 17.4 Å². The van der Waals surface area contributed by atoms with Crippen LogP contribution < -0.4 is 5.73 Å². The van der Waals surface area contributed by atoms with E-state index in [-0.39, 0.29) is 5.91 Å². The number of carbonyl (C=O) groups excluding carboxylic acids is 1. The second kappa shape index (κ2) is 7.59. The number of hydrogen-bond donors (Lipinski definition) is 1. The molecule has 1 aromatic carbocycles. The van der Waals surface area contributed by atoms with Crippen molar-refractivity contribution in [3.05, 3.63) is 48.3 Å². The van der Waals surface area contributed by atoms with E-state index in [0.29, 0.717) is 18.7 Å². The highest BCUT2D eigenvalue weighted by Crippen LogP contribution is 2.10. The molecule has 0 atom stereocenters. The summed E-state index contributed by atoms with van der Waals surface area (Å²) in [6.45, 7) is 4.10. The van der Waals surface area contributed by atoms with Gasteiger partial charge in [-0.05, 0) is 31.5 Å².